The van der Waals surface area contributed by atoms with Crippen molar-refractivity contribution >= 4 is 12.0 Å². The second-order valence-corrected chi connectivity index (χ2v) is 6.62. The van der Waals surface area contributed by atoms with E-state index in [0.717, 1.165) is 17.7 Å². The van der Waals surface area contributed by atoms with E-state index in [1.54, 1.807) is 12.2 Å². The van der Waals surface area contributed by atoms with E-state index in [-0.39, 0.29) is 18.1 Å². The Hall–Kier alpha value is -2.59. The van der Waals surface area contributed by atoms with Gasteiger partial charge in [-0.3, -0.25) is 4.79 Å². The van der Waals surface area contributed by atoms with Gasteiger partial charge in [-0.15, -0.1) is 0 Å². The summed E-state index contributed by atoms with van der Waals surface area (Å²) in [5.41, 5.74) is 3.43. The third kappa shape index (κ3) is 4.96. The molecule has 0 aromatic heterocycles. The molecular weight excluding hydrogens is 326 g/mol. The predicted molar refractivity (Wildman–Crippen MR) is 103 cm³/mol. The Bertz CT molecular complexity index is 765. The Morgan fingerprint density at radius 3 is 2.77 bits per heavy atom. The van der Waals surface area contributed by atoms with Crippen molar-refractivity contribution in [3.63, 3.8) is 0 Å². The molecule has 3 rings (SSSR count). The molecule has 0 radical (unpaired) electrons. The Morgan fingerprint density at radius 1 is 1.23 bits per heavy atom. The fourth-order valence-corrected chi connectivity index (χ4v) is 3.00. The van der Waals surface area contributed by atoms with Crippen molar-refractivity contribution in [1.29, 1.82) is 0 Å². The average molecular weight is 351 g/mol. The summed E-state index contributed by atoms with van der Waals surface area (Å²) in [6, 6.07) is 15.9. The van der Waals surface area contributed by atoms with Crippen molar-refractivity contribution in [3.05, 3.63) is 71.3 Å². The van der Waals surface area contributed by atoms with Crippen molar-refractivity contribution < 1.29 is 14.3 Å². The number of nitrogens with one attached hydrogen (secondary N) is 1. The molecule has 2 aromatic carbocycles. The summed E-state index contributed by atoms with van der Waals surface area (Å²) in [4.78, 5) is 12.1. The topological polar surface area (TPSA) is 47.6 Å². The molecule has 1 heterocycles. The summed E-state index contributed by atoms with van der Waals surface area (Å²) >= 11 is 0. The lowest BCUT2D eigenvalue weighted by molar-refractivity contribution is -0.117. The molecule has 1 aliphatic rings. The molecule has 0 saturated carbocycles. The first-order valence-corrected chi connectivity index (χ1v) is 9.04. The highest BCUT2D eigenvalue weighted by molar-refractivity contribution is 5.91. The van der Waals surface area contributed by atoms with E-state index in [9.17, 15) is 4.79 Å². The van der Waals surface area contributed by atoms with Gasteiger partial charge in [-0.25, -0.2) is 0 Å². The van der Waals surface area contributed by atoms with Gasteiger partial charge in [0.1, 0.15) is 11.9 Å². The molecular formula is C22H25NO3. The Labute approximate surface area is 154 Å². The second kappa shape index (κ2) is 8.68. The van der Waals surface area contributed by atoms with Crippen LogP contribution in [0.5, 0.6) is 5.75 Å². The van der Waals surface area contributed by atoms with Gasteiger partial charge in [0.25, 0.3) is 0 Å². The van der Waals surface area contributed by atoms with E-state index in [1.165, 1.54) is 11.1 Å². The average Bonchev–Trinajstić information content (AvgIpc) is 2.65. The van der Waals surface area contributed by atoms with Gasteiger partial charge in [0.05, 0.1) is 12.7 Å². The fourth-order valence-electron chi connectivity index (χ4n) is 3.00. The third-order valence-corrected chi connectivity index (χ3v) is 4.23. The van der Waals surface area contributed by atoms with Gasteiger partial charge in [-0.1, -0.05) is 36.4 Å². The first-order chi connectivity index (χ1) is 12.6. The van der Waals surface area contributed by atoms with Crippen LogP contribution >= 0.6 is 0 Å². The third-order valence-electron chi connectivity index (χ3n) is 4.23. The SMILES string of the molecule is CC(C)Oc1ccc(/C=C/C(=O)NCC2OCCc3ccccc32)cc1. The van der Waals surface area contributed by atoms with Crippen molar-refractivity contribution in [1.82, 2.24) is 5.32 Å². The molecule has 2 aromatic rings. The number of hydrogen-bond donors (Lipinski definition) is 1. The zero-order valence-corrected chi connectivity index (χ0v) is 15.3. The van der Waals surface area contributed by atoms with Gasteiger partial charge in [-0.05, 0) is 55.2 Å². The summed E-state index contributed by atoms with van der Waals surface area (Å²) < 4.78 is 11.4. The summed E-state index contributed by atoms with van der Waals surface area (Å²) in [5.74, 6) is 0.703. The molecule has 0 bridgehead atoms. The van der Waals surface area contributed by atoms with Crippen LogP contribution in [0.2, 0.25) is 0 Å². The molecule has 26 heavy (non-hydrogen) atoms. The molecule has 1 amide bonds. The van der Waals surface area contributed by atoms with E-state index < -0.39 is 0 Å². The highest BCUT2D eigenvalue weighted by Crippen LogP contribution is 2.26. The number of rotatable bonds is 6. The van der Waals surface area contributed by atoms with Crippen LogP contribution in [0.25, 0.3) is 6.08 Å². The first kappa shape index (κ1) is 18.2. The maximum atomic E-state index is 12.1. The lowest BCUT2D eigenvalue weighted by Gasteiger charge is -2.26. The van der Waals surface area contributed by atoms with Crippen LogP contribution in [0, 0.1) is 0 Å². The maximum Gasteiger partial charge on any atom is 0.244 e. The van der Waals surface area contributed by atoms with E-state index in [4.69, 9.17) is 9.47 Å². The van der Waals surface area contributed by atoms with Crippen LogP contribution in [0.15, 0.2) is 54.6 Å². The zero-order valence-electron chi connectivity index (χ0n) is 15.3. The van der Waals surface area contributed by atoms with Crippen LogP contribution in [0.1, 0.15) is 36.6 Å². The molecule has 1 N–H and O–H groups in total. The zero-order chi connectivity index (χ0) is 18.4. The van der Waals surface area contributed by atoms with Gasteiger partial charge in [-0.2, -0.15) is 0 Å². The number of ether oxygens (including phenoxy) is 2. The smallest absolute Gasteiger partial charge is 0.244 e. The summed E-state index contributed by atoms with van der Waals surface area (Å²) in [7, 11) is 0. The van der Waals surface area contributed by atoms with Crippen molar-refractivity contribution in [2.24, 2.45) is 0 Å². The van der Waals surface area contributed by atoms with E-state index in [1.807, 2.05) is 50.2 Å². The van der Waals surface area contributed by atoms with Crippen molar-refractivity contribution in [3.8, 4) is 5.75 Å². The van der Waals surface area contributed by atoms with E-state index in [2.05, 4.69) is 17.4 Å². The minimum atomic E-state index is -0.126. The molecule has 4 heteroatoms. The number of amides is 1. The first-order valence-electron chi connectivity index (χ1n) is 9.04. The van der Waals surface area contributed by atoms with Crippen molar-refractivity contribution in [2.75, 3.05) is 13.2 Å². The quantitative estimate of drug-likeness (QED) is 0.803. The molecule has 136 valence electrons. The molecule has 1 aliphatic heterocycles. The maximum absolute atomic E-state index is 12.1. The summed E-state index contributed by atoms with van der Waals surface area (Å²) in [6.07, 6.45) is 4.34. The van der Waals surface area contributed by atoms with Gasteiger partial charge >= 0.3 is 0 Å². The van der Waals surface area contributed by atoms with Gasteiger partial charge in [0.15, 0.2) is 0 Å². The van der Waals surface area contributed by atoms with Crippen LogP contribution in [0.4, 0.5) is 0 Å². The highest BCUT2D eigenvalue weighted by atomic mass is 16.5. The van der Waals surface area contributed by atoms with E-state index >= 15 is 0 Å². The van der Waals surface area contributed by atoms with E-state index in [0.29, 0.717) is 13.2 Å². The Morgan fingerprint density at radius 2 is 2.00 bits per heavy atom. The normalized spacial score (nSPS) is 16.5. The summed E-state index contributed by atoms with van der Waals surface area (Å²) in [5, 5.41) is 2.93. The summed E-state index contributed by atoms with van der Waals surface area (Å²) in [6.45, 7) is 5.15. The Kier molecular flexibility index (Phi) is 6.08. The van der Waals surface area contributed by atoms with Crippen LogP contribution in [-0.4, -0.2) is 25.2 Å². The number of carbonyl (C=O) groups excluding carboxylic acids is 1. The number of fused-ring (bicyclic) bond motifs is 1. The molecule has 0 aliphatic carbocycles. The largest absolute Gasteiger partial charge is 0.491 e. The minimum Gasteiger partial charge on any atom is -0.491 e. The molecule has 0 spiro atoms. The molecule has 0 fully saturated rings. The predicted octanol–water partition coefficient (Wildman–Crippen LogP) is 3.92. The fraction of sp³-hybridized carbons (Fsp3) is 0.318. The van der Waals surface area contributed by atoms with Crippen molar-refractivity contribution in [2.45, 2.75) is 32.5 Å². The Balaban J connectivity index is 1.52. The molecule has 1 unspecified atom stereocenters. The second-order valence-electron chi connectivity index (χ2n) is 6.62. The molecule has 1 atom stereocenters. The standard InChI is InChI=1S/C22H25NO3/c1-16(2)26-19-10-7-17(8-11-19)9-12-22(24)23-15-21-20-6-4-3-5-18(20)13-14-25-21/h3-12,16,21H,13-15H2,1-2H3,(H,23,24)/b12-9+. The van der Waals surface area contributed by atoms with Gasteiger partial charge in [0, 0.05) is 12.6 Å². The van der Waals surface area contributed by atoms with Crippen LogP contribution in [0.3, 0.4) is 0 Å². The van der Waals surface area contributed by atoms with Gasteiger partial charge in [0.2, 0.25) is 5.91 Å². The molecule has 4 nitrogen and oxygen atoms in total. The number of hydrogen-bond acceptors (Lipinski definition) is 3. The lowest BCUT2D eigenvalue weighted by atomic mass is 9.97. The van der Waals surface area contributed by atoms with Gasteiger partial charge < -0.3 is 14.8 Å². The monoisotopic (exact) mass is 351 g/mol. The number of benzene rings is 2. The van der Waals surface area contributed by atoms with Crippen LogP contribution < -0.4 is 10.1 Å². The highest BCUT2D eigenvalue weighted by Gasteiger charge is 2.20. The number of carbonyl (C=O) groups is 1. The van der Waals surface area contributed by atoms with Crippen LogP contribution in [-0.2, 0) is 16.0 Å². The lowest BCUT2D eigenvalue weighted by Crippen LogP contribution is -2.30. The minimum absolute atomic E-state index is 0.0789. The molecule has 0 saturated heterocycles.